The fourth-order valence-electron chi connectivity index (χ4n) is 1.18. The molecule has 0 bridgehead atoms. The van der Waals surface area contributed by atoms with Crippen molar-refractivity contribution in [2.45, 2.75) is 6.92 Å². The second-order valence-corrected chi connectivity index (χ2v) is 3.28. The SMILES string of the molecule is C\C=C/C(C=O)=C\C=C\C#Cc1ccccc1. The molecule has 1 aromatic carbocycles. The summed E-state index contributed by atoms with van der Waals surface area (Å²) in [6, 6.07) is 9.76. The monoisotopic (exact) mass is 222 g/mol. The Morgan fingerprint density at radius 3 is 2.65 bits per heavy atom. The summed E-state index contributed by atoms with van der Waals surface area (Å²) < 4.78 is 0. The van der Waals surface area contributed by atoms with Crippen LogP contribution in [0.1, 0.15) is 12.5 Å². The van der Waals surface area contributed by atoms with Gasteiger partial charge in [0.05, 0.1) is 0 Å². The van der Waals surface area contributed by atoms with Gasteiger partial charge in [-0.2, -0.15) is 0 Å². The second-order valence-electron chi connectivity index (χ2n) is 3.28. The smallest absolute Gasteiger partial charge is 0.150 e. The second kappa shape index (κ2) is 7.90. The van der Waals surface area contributed by atoms with Crippen LogP contribution in [0.4, 0.5) is 0 Å². The normalized spacial score (nSPS) is 11.5. The molecule has 0 N–H and O–H groups in total. The number of aldehydes is 1. The van der Waals surface area contributed by atoms with Crippen molar-refractivity contribution in [3.05, 3.63) is 71.8 Å². The van der Waals surface area contributed by atoms with Gasteiger partial charge in [0.25, 0.3) is 0 Å². The molecule has 1 rings (SSSR count). The molecule has 17 heavy (non-hydrogen) atoms. The summed E-state index contributed by atoms with van der Waals surface area (Å²) in [5, 5.41) is 0. The highest BCUT2D eigenvalue weighted by molar-refractivity contribution is 5.77. The van der Waals surface area contributed by atoms with E-state index in [1.165, 1.54) is 0 Å². The van der Waals surface area contributed by atoms with E-state index in [9.17, 15) is 4.79 Å². The number of rotatable bonds is 3. The first kappa shape index (κ1) is 12.7. The van der Waals surface area contributed by atoms with Crippen molar-refractivity contribution >= 4 is 6.29 Å². The van der Waals surface area contributed by atoms with E-state index in [4.69, 9.17) is 0 Å². The molecule has 0 aliphatic rings. The summed E-state index contributed by atoms with van der Waals surface area (Å²) in [5.74, 6) is 5.90. The van der Waals surface area contributed by atoms with Crippen LogP contribution >= 0.6 is 0 Å². The summed E-state index contributed by atoms with van der Waals surface area (Å²) in [5.41, 5.74) is 1.61. The zero-order valence-corrected chi connectivity index (χ0v) is 9.76. The molecule has 0 saturated carbocycles. The average molecular weight is 222 g/mol. The van der Waals surface area contributed by atoms with Crippen LogP contribution in [0.15, 0.2) is 66.3 Å². The lowest BCUT2D eigenvalue weighted by Gasteiger charge is -1.85. The number of carbonyl (C=O) groups excluding carboxylic acids is 1. The first-order chi connectivity index (χ1) is 8.36. The van der Waals surface area contributed by atoms with Crippen molar-refractivity contribution in [2.75, 3.05) is 0 Å². The van der Waals surface area contributed by atoms with Crippen molar-refractivity contribution in [1.82, 2.24) is 0 Å². The zero-order chi connectivity index (χ0) is 12.3. The summed E-state index contributed by atoms with van der Waals surface area (Å²) >= 11 is 0. The van der Waals surface area contributed by atoms with Crippen LogP contribution in [-0.2, 0) is 4.79 Å². The van der Waals surface area contributed by atoms with E-state index in [-0.39, 0.29) is 0 Å². The van der Waals surface area contributed by atoms with Crippen molar-refractivity contribution in [1.29, 1.82) is 0 Å². The molecule has 1 aromatic rings. The molecule has 0 spiro atoms. The summed E-state index contributed by atoms with van der Waals surface area (Å²) in [4.78, 5) is 10.6. The Bertz CT molecular complexity index is 493. The molecular formula is C16H14O. The number of benzene rings is 1. The zero-order valence-electron chi connectivity index (χ0n) is 9.76. The number of allylic oxidation sites excluding steroid dienone is 6. The predicted octanol–water partition coefficient (Wildman–Crippen LogP) is 3.30. The molecule has 0 saturated heterocycles. The lowest BCUT2D eigenvalue weighted by atomic mass is 10.2. The van der Waals surface area contributed by atoms with Crippen LogP contribution in [-0.4, -0.2) is 6.29 Å². The van der Waals surface area contributed by atoms with Crippen LogP contribution in [0.2, 0.25) is 0 Å². The van der Waals surface area contributed by atoms with Crippen LogP contribution in [0, 0.1) is 11.8 Å². The average Bonchev–Trinajstić information content (AvgIpc) is 2.38. The van der Waals surface area contributed by atoms with Gasteiger partial charge in [-0.05, 0) is 25.1 Å². The Balaban J connectivity index is 2.62. The fraction of sp³-hybridized carbons (Fsp3) is 0.0625. The Kier molecular flexibility index (Phi) is 5.92. The van der Waals surface area contributed by atoms with Crippen LogP contribution < -0.4 is 0 Å². The van der Waals surface area contributed by atoms with Gasteiger partial charge in [-0.25, -0.2) is 0 Å². The van der Waals surface area contributed by atoms with Gasteiger partial charge in [-0.3, -0.25) is 4.79 Å². The van der Waals surface area contributed by atoms with Gasteiger partial charge in [0.15, 0.2) is 0 Å². The molecule has 84 valence electrons. The highest BCUT2D eigenvalue weighted by atomic mass is 16.1. The van der Waals surface area contributed by atoms with Crippen LogP contribution in [0.25, 0.3) is 0 Å². The largest absolute Gasteiger partial charge is 0.298 e. The van der Waals surface area contributed by atoms with E-state index >= 15 is 0 Å². The van der Waals surface area contributed by atoms with E-state index in [1.807, 2.05) is 43.3 Å². The molecule has 0 amide bonds. The molecule has 1 heteroatoms. The molecule has 0 radical (unpaired) electrons. The topological polar surface area (TPSA) is 17.1 Å². The standard InChI is InChI=1S/C16H14O/c1-2-9-16(14-17)13-8-4-7-12-15-10-5-3-6-11-15/h2-6,8-11,13-14H,1H3/b8-4+,9-2-,16-13+. The minimum absolute atomic E-state index is 0.630. The minimum atomic E-state index is 0.630. The highest BCUT2D eigenvalue weighted by Gasteiger charge is 1.82. The fourth-order valence-corrected chi connectivity index (χ4v) is 1.18. The van der Waals surface area contributed by atoms with Crippen molar-refractivity contribution < 1.29 is 4.79 Å². The van der Waals surface area contributed by atoms with Gasteiger partial charge in [0.1, 0.15) is 6.29 Å². The Morgan fingerprint density at radius 1 is 1.24 bits per heavy atom. The third-order valence-electron chi connectivity index (χ3n) is 1.95. The third-order valence-corrected chi connectivity index (χ3v) is 1.95. The van der Waals surface area contributed by atoms with E-state index in [2.05, 4.69) is 11.8 Å². The lowest BCUT2D eigenvalue weighted by molar-refractivity contribution is -0.104. The van der Waals surface area contributed by atoms with E-state index in [1.54, 1.807) is 24.3 Å². The van der Waals surface area contributed by atoms with E-state index in [0.29, 0.717) is 5.57 Å². The quantitative estimate of drug-likeness (QED) is 0.332. The van der Waals surface area contributed by atoms with Gasteiger partial charge in [0, 0.05) is 11.1 Å². The molecule has 1 nitrogen and oxygen atoms in total. The van der Waals surface area contributed by atoms with Gasteiger partial charge in [0.2, 0.25) is 0 Å². The van der Waals surface area contributed by atoms with Gasteiger partial charge in [-0.1, -0.05) is 54.3 Å². The Hall–Kier alpha value is -2.33. The number of hydrogen-bond donors (Lipinski definition) is 0. The van der Waals surface area contributed by atoms with Crippen molar-refractivity contribution in [2.24, 2.45) is 0 Å². The van der Waals surface area contributed by atoms with E-state index < -0.39 is 0 Å². The van der Waals surface area contributed by atoms with Crippen LogP contribution in [0.5, 0.6) is 0 Å². The molecule has 0 atom stereocenters. The summed E-state index contributed by atoms with van der Waals surface area (Å²) in [7, 11) is 0. The molecule has 0 aliphatic heterocycles. The van der Waals surface area contributed by atoms with Crippen LogP contribution in [0.3, 0.4) is 0 Å². The minimum Gasteiger partial charge on any atom is -0.298 e. The number of hydrogen-bond acceptors (Lipinski definition) is 1. The van der Waals surface area contributed by atoms with Crippen molar-refractivity contribution in [3.63, 3.8) is 0 Å². The molecular weight excluding hydrogens is 208 g/mol. The summed E-state index contributed by atoms with van der Waals surface area (Å²) in [6.07, 6.45) is 9.60. The predicted molar refractivity (Wildman–Crippen MR) is 71.4 cm³/mol. The first-order valence-corrected chi connectivity index (χ1v) is 5.38. The summed E-state index contributed by atoms with van der Waals surface area (Å²) in [6.45, 7) is 1.87. The molecule has 0 heterocycles. The van der Waals surface area contributed by atoms with Gasteiger partial charge < -0.3 is 0 Å². The third kappa shape index (κ3) is 5.34. The highest BCUT2D eigenvalue weighted by Crippen LogP contribution is 1.95. The van der Waals surface area contributed by atoms with Crippen molar-refractivity contribution in [3.8, 4) is 11.8 Å². The maximum absolute atomic E-state index is 10.6. The van der Waals surface area contributed by atoms with Gasteiger partial charge in [-0.15, -0.1) is 0 Å². The molecule has 0 aromatic heterocycles. The Morgan fingerprint density at radius 2 is 2.00 bits per heavy atom. The number of carbonyl (C=O) groups is 1. The molecule has 0 aliphatic carbocycles. The van der Waals surface area contributed by atoms with Gasteiger partial charge >= 0.3 is 0 Å². The molecule has 0 unspecified atom stereocenters. The maximum Gasteiger partial charge on any atom is 0.150 e. The van der Waals surface area contributed by atoms with E-state index in [0.717, 1.165) is 11.8 Å². The maximum atomic E-state index is 10.6. The molecule has 0 fully saturated rings. The Labute approximate surface area is 102 Å². The first-order valence-electron chi connectivity index (χ1n) is 5.38. The lowest BCUT2D eigenvalue weighted by Crippen LogP contribution is -1.75.